The first-order valence-corrected chi connectivity index (χ1v) is 17.8. The number of anilines is 2. The highest BCUT2D eigenvalue weighted by Gasteiger charge is 2.45. The monoisotopic (exact) mass is 657 g/mol. The molecule has 3 nitrogen and oxygen atoms in total. The summed E-state index contributed by atoms with van der Waals surface area (Å²) in [4.78, 5) is 12.8. The minimum absolute atomic E-state index is 0.149. The molecule has 0 spiro atoms. The summed E-state index contributed by atoms with van der Waals surface area (Å²) >= 11 is 0. The number of para-hydroxylation sites is 1. The molecule has 1 aromatic heterocycles. The summed E-state index contributed by atoms with van der Waals surface area (Å²) in [6.45, 7) is 9.29. The van der Waals surface area contributed by atoms with E-state index in [-0.39, 0.29) is 11.3 Å². The number of aromatic nitrogens is 2. The zero-order valence-electron chi connectivity index (χ0n) is 29.4. The highest BCUT2D eigenvalue weighted by atomic mass is 15.2. The molecule has 0 bridgehead atoms. The maximum Gasteiger partial charge on any atom is 0.156 e. The molecule has 1 aliphatic heterocycles. The number of nitrogens with zero attached hydrogens (tertiary/aromatic N) is 3. The molecule has 1 aliphatic carbocycles. The van der Waals surface area contributed by atoms with Crippen LogP contribution in [0.15, 0.2) is 163 Å². The van der Waals surface area contributed by atoms with E-state index in [0.29, 0.717) is 0 Å². The van der Waals surface area contributed by atoms with Crippen LogP contribution >= 0.6 is 0 Å². The molecular formula is C48H39N3. The zero-order valence-corrected chi connectivity index (χ0v) is 29.4. The maximum atomic E-state index is 5.12. The summed E-state index contributed by atoms with van der Waals surface area (Å²) in [5.41, 5.74) is 15.4. The van der Waals surface area contributed by atoms with Crippen LogP contribution in [0, 0.1) is 0 Å². The molecule has 0 saturated carbocycles. The van der Waals surface area contributed by atoms with Gasteiger partial charge in [-0.2, -0.15) is 0 Å². The van der Waals surface area contributed by atoms with Crippen molar-refractivity contribution >= 4 is 27.7 Å². The molecule has 2 aliphatic rings. The molecule has 246 valence electrons. The van der Waals surface area contributed by atoms with Crippen LogP contribution in [0.25, 0.3) is 50.0 Å². The number of hydrogen-bond donors (Lipinski definition) is 0. The molecule has 9 rings (SSSR count). The van der Waals surface area contributed by atoms with Gasteiger partial charge in [0.2, 0.25) is 0 Å². The minimum Gasteiger partial charge on any atom is -0.313 e. The fourth-order valence-electron chi connectivity index (χ4n) is 8.36. The average Bonchev–Trinajstić information content (AvgIpc) is 3.61. The van der Waals surface area contributed by atoms with E-state index < -0.39 is 0 Å². The van der Waals surface area contributed by atoms with Crippen LogP contribution in [0.1, 0.15) is 56.1 Å². The van der Waals surface area contributed by atoms with Crippen molar-refractivity contribution in [2.24, 2.45) is 0 Å². The van der Waals surface area contributed by atoms with Crippen molar-refractivity contribution in [3.8, 4) is 33.6 Å². The summed E-state index contributed by atoms with van der Waals surface area (Å²) in [5.74, 6) is 0.875. The molecule has 3 heteroatoms. The van der Waals surface area contributed by atoms with Gasteiger partial charge in [-0.05, 0) is 75.4 Å². The summed E-state index contributed by atoms with van der Waals surface area (Å²) in [6.07, 6.45) is 4.53. The van der Waals surface area contributed by atoms with Gasteiger partial charge in [-0.3, -0.25) is 0 Å². The predicted octanol–water partition coefficient (Wildman–Crippen LogP) is 12.5. The Hall–Kier alpha value is -6.06. The molecule has 6 aromatic carbocycles. The molecule has 0 fully saturated rings. The Balaban J connectivity index is 1.25. The first-order valence-electron chi connectivity index (χ1n) is 17.8. The van der Waals surface area contributed by atoms with E-state index in [1.54, 1.807) is 0 Å². The third-order valence-corrected chi connectivity index (χ3v) is 10.8. The third-order valence-electron chi connectivity index (χ3n) is 10.8. The average molecular weight is 658 g/mol. The number of benzene rings is 6. The van der Waals surface area contributed by atoms with Crippen LogP contribution in [0.5, 0.6) is 0 Å². The Labute approximate surface area is 300 Å². The van der Waals surface area contributed by atoms with Crippen molar-refractivity contribution < 1.29 is 0 Å². The van der Waals surface area contributed by atoms with Gasteiger partial charge in [-0.1, -0.05) is 154 Å². The normalized spacial score (nSPS) is 16.7. The molecule has 2 heterocycles. The zero-order chi connectivity index (χ0) is 34.7. The molecule has 1 unspecified atom stereocenters. The minimum atomic E-state index is -0.173. The van der Waals surface area contributed by atoms with Gasteiger partial charge in [0.1, 0.15) is 0 Å². The van der Waals surface area contributed by atoms with Gasteiger partial charge in [0.25, 0.3) is 0 Å². The topological polar surface area (TPSA) is 29.0 Å². The molecular weight excluding hydrogens is 619 g/mol. The fraction of sp³-hybridized carbons (Fsp3) is 0.125. The van der Waals surface area contributed by atoms with Crippen molar-refractivity contribution in [1.29, 1.82) is 0 Å². The Morgan fingerprint density at radius 2 is 1.22 bits per heavy atom. The van der Waals surface area contributed by atoms with E-state index >= 15 is 0 Å². The van der Waals surface area contributed by atoms with E-state index in [2.05, 4.69) is 178 Å². The maximum absolute atomic E-state index is 5.12. The van der Waals surface area contributed by atoms with Gasteiger partial charge < -0.3 is 4.90 Å². The second kappa shape index (κ2) is 12.1. The van der Waals surface area contributed by atoms with E-state index in [1.807, 2.05) is 12.1 Å². The fourth-order valence-corrected chi connectivity index (χ4v) is 8.36. The van der Waals surface area contributed by atoms with E-state index in [4.69, 9.17) is 9.97 Å². The lowest BCUT2D eigenvalue weighted by Crippen LogP contribution is -2.20. The lowest BCUT2D eigenvalue weighted by Gasteiger charge is -2.30. The van der Waals surface area contributed by atoms with Crippen molar-refractivity contribution in [3.63, 3.8) is 0 Å². The Morgan fingerprint density at radius 1 is 0.667 bits per heavy atom. The summed E-state index contributed by atoms with van der Waals surface area (Å²) < 4.78 is 0. The smallest absolute Gasteiger partial charge is 0.156 e. The Morgan fingerprint density at radius 3 is 1.86 bits per heavy atom. The molecule has 0 amide bonds. The van der Waals surface area contributed by atoms with E-state index in [9.17, 15) is 0 Å². The SMILES string of the molecule is C/C(=C\C=C1/C(C)c2c(c3c(c4ccccc24)-c2ccccc2C3(C)C)N1c1ccccc1)c1nc(-c2ccccc2)cc(-c2ccccc2)n1. The molecule has 7 aromatic rings. The first kappa shape index (κ1) is 31.0. The molecule has 0 saturated heterocycles. The second-order valence-corrected chi connectivity index (χ2v) is 14.3. The standard InChI is InChI=1S/C48H39N3/c1-31(47-49-40(33-18-8-5-9-19-33)30-41(50-47)34-20-10-6-11-21-34)28-29-42-32(2)43-36-24-14-15-25-37(36)44-38-26-16-17-27-39(38)48(3,4)45(44)46(43)51(42)35-22-12-7-13-23-35/h5-30,32H,1-4H3/b31-28+,42-29+. The molecule has 51 heavy (non-hydrogen) atoms. The highest BCUT2D eigenvalue weighted by Crippen LogP contribution is 2.62. The van der Waals surface area contributed by atoms with Crippen LogP contribution < -0.4 is 4.90 Å². The second-order valence-electron chi connectivity index (χ2n) is 14.3. The molecule has 0 radical (unpaired) electrons. The van der Waals surface area contributed by atoms with Gasteiger partial charge in [0, 0.05) is 33.8 Å². The number of hydrogen-bond acceptors (Lipinski definition) is 3. The van der Waals surface area contributed by atoms with E-state index in [0.717, 1.165) is 33.9 Å². The largest absolute Gasteiger partial charge is 0.313 e. The van der Waals surface area contributed by atoms with Crippen LogP contribution in [0.4, 0.5) is 11.4 Å². The van der Waals surface area contributed by atoms with Gasteiger partial charge in [-0.15, -0.1) is 0 Å². The van der Waals surface area contributed by atoms with Crippen LogP contribution in [0.2, 0.25) is 0 Å². The quantitative estimate of drug-likeness (QED) is 0.184. The van der Waals surface area contributed by atoms with Gasteiger partial charge in [0.15, 0.2) is 5.82 Å². The van der Waals surface area contributed by atoms with Crippen molar-refractivity contribution in [3.05, 3.63) is 186 Å². The number of rotatable bonds is 5. The molecule has 1 atom stereocenters. The lowest BCUT2D eigenvalue weighted by molar-refractivity contribution is 0.661. The van der Waals surface area contributed by atoms with Crippen LogP contribution in [-0.4, -0.2) is 9.97 Å². The lowest BCUT2D eigenvalue weighted by atomic mass is 9.79. The van der Waals surface area contributed by atoms with Crippen LogP contribution in [-0.2, 0) is 5.41 Å². The molecule has 0 N–H and O–H groups in total. The number of allylic oxidation sites excluding steroid dienone is 4. The van der Waals surface area contributed by atoms with E-state index in [1.165, 1.54) is 55.7 Å². The first-order chi connectivity index (χ1) is 24.9. The third kappa shape index (κ3) is 4.95. The van der Waals surface area contributed by atoms with Crippen molar-refractivity contribution in [2.75, 3.05) is 4.90 Å². The Kier molecular flexibility index (Phi) is 7.32. The summed E-state index contributed by atoms with van der Waals surface area (Å²) in [7, 11) is 0. The number of fused-ring (bicyclic) bond motifs is 8. The van der Waals surface area contributed by atoms with Gasteiger partial charge in [0.05, 0.1) is 17.1 Å². The van der Waals surface area contributed by atoms with Gasteiger partial charge in [-0.25, -0.2) is 9.97 Å². The van der Waals surface area contributed by atoms with Crippen LogP contribution in [0.3, 0.4) is 0 Å². The highest BCUT2D eigenvalue weighted by molar-refractivity contribution is 6.10. The van der Waals surface area contributed by atoms with Crippen molar-refractivity contribution in [1.82, 2.24) is 9.97 Å². The Bertz CT molecular complexity index is 2450. The predicted molar refractivity (Wildman–Crippen MR) is 213 cm³/mol. The summed E-state index contributed by atoms with van der Waals surface area (Å²) in [6, 6.07) is 51.7. The van der Waals surface area contributed by atoms with Gasteiger partial charge >= 0.3 is 0 Å². The summed E-state index contributed by atoms with van der Waals surface area (Å²) in [5, 5.41) is 2.65. The van der Waals surface area contributed by atoms with Crippen molar-refractivity contribution in [2.45, 2.75) is 39.0 Å².